The standard InChI is InChI=1S/C15H21NO3/c17-15(18)8-10-16(13-5-2-1-3-6-13)14-7-4-11-19-12-9-14/h1-3,5-6,14H,4,7-12H2,(H,17,18). The second-order valence-corrected chi connectivity index (χ2v) is 4.87. The molecule has 0 spiro atoms. The topological polar surface area (TPSA) is 49.8 Å². The normalized spacial score (nSPS) is 19.7. The first kappa shape index (κ1) is 13.9. The van der Waals surface area contributed by atoms with E-state index >= 15 is 0 Å². The highest BCUT2D eigenvalue weighted by molar-refractivity contribution is 5.67. The van der Waals surface area contributed by atoms with Crippen LogP contribution in [0.2, 0.25) is 0 Å². The van der Waals surface area contributed by atoms with Crippen molar-refractivity contribution in [1.82, 2.24) is 0 Å². The van der Waals surface area contributed by atoms with Crippen LogP contribution in [0.25, 0.3) is 0 Å². The Bertz CT molecular complexity index is 386. The molecule has 4 nitrogen and oxygen atoms in total. The molecule has 1 heterocycles. The van der Waals surface area contributed by atoms with Crippen LogP contribution in [0.5, 0.6) is 0 Å². The summed E-state index contributed by atoms with van der Waals surface area (Å²) in [6, 6.07) is 10.5. The van der Waals surface area contributed by atoms with Gasteiger partial charge in [-0.1, -0.05) is 18.2 Å². The number of ether oxygens (including phenoxy) is 1. The molecule has 19 heavy (non-hydrogen) atoms. The van der Waals surface area contributed by atoms with E-state index in [1.165, 1.54) is 0 Å². The van der Waals surface area contributed by atoms with Gasteiger partial charge in [-0.05, 0) is 31.4 Å². The Morgan fingerprint density at radius 3 is 2.79 bits per heavy atom. The SMILES string of the molecule is O=C(O)CCN(c1ccccc1)C1CCCOCC1. The van der Waals surface area contributed by atoms with E-state index in [2.05, 4.69) is 4.90 Å². The maximum atomic E-state index is 10.8. The van der Waals surface area contributed by atoms with Crippen LogP contribution in [-0.4, -0.2) is 36.9 Å². The highest BCUT2D eigenvalue weighted by Crippen LogP contribution is 2.23. The minimum absolute atomic E-state index is 0.173. The third-order valence-corrected chi connectivity index (χ3v) is 3.52. The Balaban J connectivity index is 2.10. The van der Waals surface area contributed by atoms with Gasteiger partial charge in [0.05, 0.1) is 6.42 Å². The van der Waals surface area contributed by atoms with Gasteiger partial charge in [-0.15, -0.1) is 0 Å². The van der Waals surface area contributed by atoms with E-state index in [-0.39, 0.29) is 6.42 Å². The first-order chi connectivity index (χ1) is 9.27. The van der Waals surface area contributed by atoms with Crippen molar-refractivity contribution in [2.24, 2.45) is 0 Å². The largest absolute Gasteiger partial charge is 0.481 e. The number of aliphatic carboxylic acids is 1. The van der Waals surface area contributed by atoms with Gasteiger partial charge in [0.15, 0.2) is 0 Å². The first-order valence-corrected chi connectivity index (χ1v) is 6.88. The predicted molar refractivity (Wildman–Crippen MR) is 74.5 cm³/mol. The number of hydrogen-bond acceptors (Lipinski definition) is 3. The Hall–Kier alpha value is -1.55. The maximum absolute atomic E-state index is 10.8. The maximum Gasteiger partial charge on any atom is 0.305 e. The van der Waals surface area contributed by atoms with Crippen molar-refractivity contribution in [2.45, 2.75) is 31.7 Å². The molecule has 1 fully saturated rings. The number of carboxylic acid groups (broad SMARTS) is 1. The van der Waals surface area contributed by atoms with E-state index in [9.17, 15) is 4.79 Å². The van der Waals surface area contributed by atoms with Crippen molar-refractivity contribution in [2.75, 3.05) is 24.7 Å². The van der Waals surface area contributed by atoms with Gasteiger partial charge in [0.25, 0.3) is 0 Å². The predicted octanol–water partition coefficient (Wildman–Crippen LogP) is 2.54. The summed E-state index contributed by atoms with van der Waals surface area (Å²) < 4.78 is 5.49. The number of nitrogens with zero attached hydrogens (tertiary/aromatic N) is 1. The molecule has 1 saturated heterocycles. The lowest BCUT2D eigenvalue weighted by Crippen LogP contribution is -2.37. The minimum Gasteiger partial charge on any atom is -0.481 e. The second kappa shape index (κ2) is 7.14. The summed E-state index contributed by atoms with van der Waals surface area (Å²) in [5, 5.41) is 8.91. The second-order valence-electron chi connectivity index (χ2n) is 4.87. The molecule has 4 heteroatoms. The van der Waals surface area contributed by atoms with Crippen LogP contribution in [0.4, 0.5) is 5.69 Å². The first-order valence-electron chi connectivity index (χ1n) is 6.88. The highest BCUT2D eigenvalue weighted by Gasteiger charge is 2.21. The summed E-state index contributed by atoms with van der Waals surface area (Å²) in [5.74, 6) is -0.745. The van der Waals surface area contributed by atoms with Crippen LogP contribution >= 0.6 is 0 Å². The molecule has 1 aliphatic rings. The lowest BCUT2D eigenvalue weighted by atomic mass is 10.1. The third-order valence-electron chi connectivity index (χ3n) is 3.52. The van der Waals surface area contributed by atoms with E-state index < -0.39 is 5.97 Å². The van der Waals surface area contributed by atoms with Crippen LogP contribution < -0.4 is 4.90 Å². The molecule has 0 aromatic heterocycles. The van der Waals surface area contributed by atoms with Crippen molar-refractivity contribution in [3.05, 3.63) is 30.3 Å². The van der Waals surface area contributed by atoms with Crippen molar-refractivity contribution >= 4 is 11.7 Å². The van der Waals surface area contributed by atoms with Crippen LogP contribution in [-0.2, 0) is 9.53 Å². The Morgan fingerprint density at radius 1 is 1.26 bits per heavy atom. The van der Waals surface area contributed by atoms with Gasteiger partial charge in [-0.3, -0.25) is 4.79 Å². The van der Waals surface area contributed by atoms with Crippen molar-refractivity contribution in [3.63, 3.8) is 0 Å². The lowest BCUT2D eigenvalue weighted by molar-refractivity contribution is -0.136. The number of hydrogen-bond donors (Lipinski definition) is 1. The van der Waals surface area contributed by atoms with Gasteiger partial charge in [-0.2, -0.15) is 0 Å². The average Bonchev–Trinajstić information content (AvgIpc) is 2.69. The Morgan fingerprint density at radius 2 is 2.05 bits per heavy atom. The van der Waals surface area contributed by atoms with Gasteiger partial charge in [0, 0.05) is 31.5 Å². The monoisotopic (exact) mass is 263 g/mol. The number of benzene rings is 1. The number of carbonyl (C=O) groups is 1. The number of carboxylic acids is 1. The van der Waals surface area contributed by atoms with Gasteiger partial charge in [0.2, 0.25) is 0 Å². The molecular weight excluding hydrogens is 242 g/mol. The van der Waals surface area contributed by atoms with Crippen LogP contribution in [0.15, 0.2) is 30.3 Å². The molecule has 104 valence electrons. The van der Waals surface area contributed by atoms with E-state index in [1.54, 1.807) is 0 Å². The summed E-state index contributed by atoms with van der Waals surface area (Å²) in [6.07, 6.45) is 3.25. The van der Waals surface area contributed by atoms with Crippen molar-refractivity contribution in [3.8, 4) is 0 Å². The molecule has 1 unspecified atom stereocenters. The lowest BCUT2D eigenvalue weighted by Gasteiger charge is -2.32. The molecular formula is C15H21NO3. The summed E-state index contributed by atoms with van der Waals surface area (Å²) in [6.45, 7) is 2.14. The number of para-hydroxylation sites is 1. The van der Waals surface area contributed by atoms with Crippen LogP contribution in [0.1, 0.15) is 25.7 Å². The van der Waals surface area contributed by atoms with Gasteiger partial charge >= 0.3 is 5.97 Å². The number of anilines is 1. The zero-order chi connectivity index (χ0) is 13.5. The third kappa shape index (κ3) is 4.24. The quantitative estimate of drug-likeness (QED) is 0.887. The van der Waals surface area contributed by atoms with Gasteiger partial charge in [-0.25, -0.2) is 0 Å². The molecule has 1 N–H and O–H groups in total. The average molecular weight is 263 g/mol. The molecule has 0 bridgehead atoms. The molecule has 1 aliphatic heterocycles. The fourth-order valence-electron chi connectivity index (χ4n) is 2.56. The number of rotatable bonds is 5. The van der Waals surface area contributed by atoms with E-state index in [4.69, 9.17) is 9.84 Å². The highest BCUT2D eigenvalue weighted by atomic mass is 16.5. The zero-order valence-electron chi connectivity index (χ0n) is 11.1. The Kier molecular flexibility index (Phi) is 5.21. The van der Waals surface area contributed by atoms with Crippen molar-refractivity contribution < 1.29 is 14.6 Å². The molecule has 0 amide bonds. The molecule has 1 aromatic rings. The molecule has 1 atom stereocenters. The van der Waals surface area contributed by atoms with Gasteiger partial charge < -0.3 is 14.7 Å². The molecule has 0 saturated carbocycles. The van der Waals surface area contributed by atoms with E-state index in [0.717, 1.165) is 38.2 Å². The fraction of sp³-hybridized carbons (Fsp3) is 0.533. The van der Waals surface area contributed by atoms with Crippen molar-refractivity contribution in [1.29, 1.82) is 0 Å². The summed E-state index contributed by atoms with van der Waals surface area (Å²) in [7, 11) is 0. The zero-order valence-corrected chi connectivity index (χ0v) is 11.1. The van der Waals surface area contributed by atoms with E-state index in [1.807, 2.05) is 30.3 Å². The van der Waals surface area contributed by atoms with Crippen LogP contribution in [0.3, 0.4) is 0 Å². The smallest absolute Gasteiger partial charge is 0.305 e. The molecule has 0 radical (unpaired) electrons. The summed E-state index contributed by atoms with van der Waals surface area (Å²) in [5.41, 5.74) is 1.11. The van der Waals surface area contributed by atoms with E-state index in [0.29, 0.717) is 12.6 Å². The van der Waals surface area contributed by atoms with Gasteiger partial charge in [0.1, 0.15) is 0 Å². The van der Waals surface area contributed by atoms with Crippen LogP contribution in [0, 0.1) is 0 Å². The molecule has 2 rings (SSSR count). The minimum atomic E-state index is -0.745. The summed E-state index contributed by atoms with van der Waals surface area (Å²) in [4.78, 5) is 13.1. The molecule has 0 aliphatic carbocycles. The Labute approximate surface area is 114 Å². The fourth-order valence-corrected chi connectivity index (χ4v) is 2.56. The molecule has 1 aromatic carbocycles. The summed E-state index contributed by atoms with van der Waals surface area (Å²) >= 11 is 0.